The monoisotopic (exact) mass is 225 g/mol. The molecule has 0 aromatic carbocycles. The van der Waals surface area contributed by atoms with Crippen LogP contribution >= 0.6 is 22.7 Å². The summed E-state index contributed by atoms with van der Waals surface area (Å²) in [5.74, 6) is 0. The maximum absolute atomic E-state index is 4.52. The molecule has 0 saturated carbocycles. The normalized spacial score (nSPS) is 10.6. The van der Waals surface area contributed by atoms with E-state index in [0.29, 0.717) is 0 Å². The smallest absolute Gasteiger partial charge is 0.107 e. The number of hydrogen-bond acceptors (Lipinski definition) is 5. The molecule has 74 valence electrons. The minimum Gasteiger partial charge on any atom is -0.311 e. The van der Waals surface area contributed by atoms with Gasteiger partial charge in [-0.25, -0.2) is 4.98 Å². The zero-order valence-electron chi connectivity index (χ0n) is 7.86. The van der Waals surface area contributed by atoms with E-state index in [9.17, 15) is 0 Å². The van der Waals surface area contributed by atoms with Gasteiger partial charge in [0.2, 0.25) is 0 Å². The highest BCUT2D eigenvalue weighted by molar-refractivity contribution is 7.14. The Balaban J connectivity index is 2.10. The molecule has 5 heteroatoms. The lowest BCUT2D eigenvalue weighted by Crippen LogP contribution is -2.11. The second-order valence-corrected chi connectivity index (χ2v) is 4.60. The van der Waals surface area contributed by atoms with Crippen LogP contribution < -0.4 is 5.32 Å². The minimum atomic E-state index is 0.861. The highest BCUT2D eigenvalue weighted by Crippen LogP contribution is 2.24. The van der Waals surface area contributed by atoms with E-state index in [2.05, 4.69) is 27.6 Å². The van der Waals surface area contributed by atoms with E-state index in [4.69, 9.17) is 0 Å². The standard InChI is InChI=1S/C9H11N3S2/c1-2-10-4-9-12-7(5-13-9)8-3-11-6-14-8/h3,5-6,10H,2,4H2,1H3. The molecular formula is C9H11N3S2. The second kappa shape index (κ2) is 4.63. The second-order valence-electron chi connectivity index (χ2n) is 2.77. The third-order valence-electron chi connectivity index (χ3n) is 1.76. The molecule has 3 nitrogen and oxygen atoms in total. The fourth-order valence-corrected chi connectivity index (χ4v) is 2.50. The van der Waals surface area contributed by atoms with Gasteiger partial charge in [-0.3, -0.25) is 4.98 Å². The highest BCUT2D eigenvalue weighted by atomic mass is 32.1. The largest absolute Gasteiger partial charge is 0.311 e. The molecule has 0 aliphatic carbocycles. The van der Waals surface area contributed by atoms with Crippen LogP contribution in [0.2, 0.25) is 0 Å². The molecule has 2 heterocycles. The Kier molecular flexibility index (Phi) is 3.23. The van der Waals surface area contributed by atoms with Gasteiger partial charge in [-0.15, -0.1) is 22.7 Å². The molecule has 0 aliphatic heterocycles. The maximum Gasteiger partial charge on any atom is 0.107 e. The van der Waals surface area contributed by atoms with Crippen molar-refractivity contribution in [3.05, 3.63) is 22.1 Å². The van der Waals surface area contributed by atoms with Gasteiger partial charge in [0, 0.05) is 18.1 Å². The van der Waals surface area contributed by atoms with E-state index in [1.165, 1.54) is 0 Å². The fraction of sp³-hybridized carbons (Fsp3) is 0.333. The van der Waals surface area contributed by atoms with Gasteiger partial charge in [0.05, 0.1) is 16.1 Å². The van der Waals surface area contributed by atoms with Crippen LogP contribution in [-0.4, -0.2) is 16.5 Å². The molecule has 14 heavy (non-hydrogen) atoms. The van der Waals surface area contributed by atoms with E-state index >= 15 is 0 Å². The molecule has 0 amide bonds. The van der Waals surface area contributed by atoms with Crippen molar-refractivity contribution in [2.75, 3.05) is 6.54 Å². The average Bonchev–Trinajstić information content (AvgIpc) is 2.85. The van der Waals surface area contributed by atoms with Gasteiger partial charge in [0.15, 0.2) is 0 Å². The summed E-state index contributed by atoms with van der Waals surface area (Å²) in [5.41, 5.74) is 2.88. The lowest BCUT2D eigenvalue weighted by molar-refractivity contribution is 0.723. The van der Waals surface area contributed by atoms with Gasteiger partial charge < -0.3 is 5.32 Å². The molecular weight excluding hydrogens is 214 g/mol. The van der Waals surface area contributed by atoms with Gasteiger partial charge in [-0.2, -0.15) is 0 Å². The summed E-state index contributed by atoms with van der Waals surface area (Å²) < 4.78 is 0. The van der Waals surface area contributed by atoms with E-state index in [0.717, 1.165) is 28.7 Å². The Morgan fingerprint density at radius 3 is 3.07 bits per heavy atom. The maximum atomic E-state index is 4.52. The summed E-state index contributed by atoms with van der Waals surface area (Å²) in [6.45, 7) is 3.94. The highest BCUT2D eigenvalue weighted by Gasteiger charge is 2.04. The van der Waals surface area contributed by atoms with E-state index in [1.54, 1.807) is 22.7 Å². The van der Waals surface area contributed by atoms with Crippen LogP contribution in [0.4, 0.5) is 0 Å². The molecule has 1 N–H and O–H groups in total. The van der Waals surface area contributed by atoms with Crippen molar-refractivity contribution in [2.24, 2.45) is 0 Å². The molecule has 0 unspecified atom stereocenters. The third kappa shape index (κ3) is 2.17. The van der Waals surface area contributed by atoms with Gasteiger partial charge in [-0.1, -0.05) is 6.92 Å². The van der Waals surface area contributed by atoms with Gasteiger partial charge >= 0.3 is 0 Å². The Bertz CT molecular complexity index is 380. The summed E-state index contributed by atoms with van der Waals surface area (Å²) in [7, 11) is 0. The molecule has 0 radical (unpaired) electrons. The number of hydrogen-bond donors (Lipinski definition) is 1. The molecule has 0 aliphatic rings. The fourth-order valence-electron chi connectivity index (χ4n) is 1.08. The Morgan fingerprint density at radius 2 is 2.36 bits per heavy atom. The van der Waals surface area contributed by atoms with Crippen LogP contribution in [0.25, 0.3) is 10.6 Å². The zero-order valence-corrected chi connectivity index (χ0v) is 9.49. The molecule has 0 bridgehead atoms. The van der Waals surface area contributed by atoms with Gasteiger partial charge in [0.25, 0.3) is 0 Å². The molecule has 0 spiro atoms. The predicted octanol–water partition coefficient (Wildman–Crippen LogP) is 2.38. The first-order valence-corrected chi connectivity index (χ1v) is 6.20. The number of aromatic nitrogens is 2. The van der Waals surface area contributed by atoms with Crippen molar-refractivity contribution in [1.29, 1.82) is 0 Å². The first-order valence-electron chi connectivity index (χ1n) is 4.44. The number of nitrogens with zero attached hydrogens (tertiary/aromatic N) is 2. The summed E-state index contributed by atoms with van der Waals surface area (Å²) >= 11 is 3.32. The van der Waals surface area contributed by atoms with Crippen LogP contribution in [-0.2, 0) is 6.54 Å². The lowest BCUT2D eigenvalue weighted by atomic mass is 10.4. The van der Waals surface area contributed by atoms with Crippen molar-refractivity contribution < 1.29 is 0 Å². The van der Waals surface area contributed by atoms with Crippen molar-refractivity contribution in [3.63, 3.8) is 0 Å². The first-order chi connectivity index (χ1) is 6.90. The van der Waals surface area contributed by atoms with Crippen LogP contribution in [0.1, 0.15) is 11.9 Å². The van der Waals surface area contributed by atoms with E-state index < -0.39 is 0 Å². The number of thiazole rings is 2. The topological polar surface area (TPSA) is 37.8 Å². The first kappa shape index (κ1) is 9.76. The Hall–Kier alpha value is -0.780. The number of nitrogens with one attached hydrogen (secondary N) is 1. The third-order valence-corrected chi connectivity index (χ3v) is 3.41. The van der Waals surface area contributed by atoms with Crippen LogP contribution in [0.3, 0.4) is 0 Å². The summed E-state index contributed by atoms with van der Waals surface area (Å²) in [6, 6.07) is 0. The van der Waals surface area contributed by atoms with Crippen molar-refractivity contribution in [1.82, 2.24) is 15.3 Å². The van der Waals surface area contributed by atoms with Crippen LogP contribution in [0.15, 0.2) is 17.1 Å². The molecule has 2 aromatic heterocycles. The number of rotatable bonds is 4. The van der Waals surface area contributed by atoms with Crippen molar-refractivity contribution in [3.8, 4) is 10.6 Å². The van der Waals surface area contributed by atoms with Crippen LogP contribution in [0, 0.1) is 0 Å². The molecule has 0 atom stereocenters. The molecule has 0 saturated heterocycles. The lowest BCUT2D eigenvalue weighted by Gasteiger charge is -1.94. The summed E-state index contributed by atoms with van der Waals surface area (Å²) in [5, 5.41) is 6.48. The quantitative estimate of drug-likeness (QED) is 0.868. The van der Waals surface area contributed by atoms with Crippen molar-refractivity contribution in [2.45, 2.75) is 13.5 Å². The zero-order chi connectivity index (χ0) is 9.80. The summed E-state index contributed by atoms with van der Waals surface area (Å²) in [4.78, 5) is 9.70. The Labute approximate surface area is 90.9 Å². The van der Waals surface area contributed by atoms with Crippen molar-refractivity contribution >= 4 is 22.7 Å². The Morgan fingerprint density at radius 1 is 1.43 bits per heavy atom. The molecule has 0 fully saturated rings. The predicted molar refractivity (Wildman–Crippen MR) is 60.6 cm³/mol. The molecule has 2 aromatic rings. The minimum absolute atomic E-state index is 0.861. The van der Waals surface area contributed by atoms with Gasteiger partial charge in [0.1, 0.15) is 5.01 Å². The summed E-state index contributed by atoms with van der Waals surface area (Å²) in [6.07, 6.45) is 1.86. The van der Waals surface area contributed by atoms with E-state index in [-0.39, 0.29) is 0 Å². The van der Waals surface area contributed by atoms with E-state index in [1.807, 2.05) is 11.7 Å². The molecule has 2 rings (SSSR count). The van der Waals surface area contributed by atoms with Gasteiger partial charge in [-0.05, 0) is 6.54 Å². The average molecular weight is 225 g/mol. The van der Waals surface area contributed by atoms with Crippen LogP contribution in [0.5, 0.6) is 0 Å². The SMILES string of the molecule is CCNCc1nc(-c2cncs2)cs1.